The summed E-state index contributed by atoms with van der Waals surface area (Å²) in [5.41, 5.74) is -0.183. The summed E-state index contributed by atoms with van der Waals surface area (Å²) in [5.74, 6) is 0.809. The molecule has 3 nitrogen and oxygen atoms in total. The van der Waals surface area contributed by atoms with Gasteiger partial charge < -0.3 is 9.16 Å². The van der Waals surface area contributed by atoms with Gasteiger partial charge in [0.05, 0.1) is 6.61 Å². The molecule has 4 rings (SSSR count). The summed E-state index contributed by atoms with van der Waals surface area (Å²) in [6.45, 7) is 9.53. The van der Waals surface area contributed by atoms with Crippen molar-refractivity contribution in [3.8, 4) is 0 Å². The lowest BCUT2D eigenvalue weighted by atomic mass is 9.75. The molecule has 0 N–H and O–H groups in total. The van der Waals surface area contributed by atoms with E-state index in [-0.39, 0.29) is 16.7 Å². The van der Waals surface area contributed by atoms with Gasteiger partial charge in [-0.05, 0) is 28.3 Å². The molecule has 1 fully saturated rings. The van der Waals surface area contributed by atoms with E-state index in [9.17, 15) is 0 Å². The zero-order valence-corrected chi connectivity index (χ0v) is 17.7. The van der Waals surface area contributed by atoms with Crippen molar-refractivity contribution in [2.24, 2.45) is 4.99 Å². The van der Waals surface area contributed by atoms with Crippen LogP contribution in [0, 0.1) is 0 Å². The van der Waals surface area contributed by atoms with Crippen molar-refractivity contribution in [2.75, 3.05) is 6.61 Å². The van der Waals surface area contributed by atoms with E-state index in [0.717, 1.165) is 18.7 Å². The highest BCUT2D eigenvalue weighted by Crippen LogP contribution is 2.45. The fourth-order valence-corrected chi connectivity index (χ4v) is 9.25. The quantitative estimate of drug-likeness (QED) is 0.738. The van der Waals surface area contributed by atoms with Crippen LogP contribution >= 0.6 is 0 Å². The van der Waals surface area contributed by atoms with Crippen LogP contribution in [-0.4, -0.2) is 32.5 Å². The lowest BCUT2D eigenvalue weighted by Gasteiger charge is -2.47. The second-order valence-corrected chi connectivity index (χ2v) is 13.1. The third kappa shape index (κ3) is 2.95. The van der Waals surface area contributed by atoms with Gasteiger partial charge in [0.15, 0.2) is 5.90 Å². The molecule has 2 aromatic rings. The van der Waals surface area contributed by atoms with E-state index in [1.165, 1.54) is 10.4 Å². The second kappa shape index (κ2) is 6.61. The molecule has 0 unspecified atom stereocenters. The van der Waals surface area contributed by atoms with Gasteiger partial charge in [-0.2, -0.15) is 0 Å². The fourth-order valence-electron chi connectivity index (χ4n) is 4.63. The van der Waals surface area contributed by atoms with Crippen molar-refractivity contribution >= 4 is 24.6 Å². The highest BCUT2D eigenvalue weighted by atomic mass is 28.4. The van der Waals surface area contributed by atoms with Crippen LogP contribution in [0.3, 0.4) is 0 Å². The van der Waals surface area contributed by atoms with Crippen molar-refractivity contribution in [1.29, 1.82) is 0 Å². The van der Waals surface area contributed by atoms with Gasteiger partial charge in [-0.1, -0.05) is 81.4 Å². The van der Waals surface area contributed by atoms with Gasteiger partial charge in [-0.3, -0.25) is 0 Å². The summed E-state index contributed by atoms with van der Waals surface area (Å²) in [5, 5.41) is 2.62. The van der Waals surface area contributed by atoms with E-state index in [4.69, 9.17) is 14.2 Å². The molecule has 1 aliphatic carbocycles. The number of fused-ring (bicyclic) bond motifs is 1. The maximum absolute atomic E-state index is 7.08. The maximum Gasteiger partial charge on any atom is 0.261 e. The molecular weight excluding hydrogens is 350 g/mol. The van der Waals surface area contributed by atoms with Crippen LogP contribution < -0.4 is 10.4 Å². The molecule has 1 heterocycles. The Bertz CT molecular complexity index is 789. The van der Waals surface area contributed by atoms with Crippen LogP contribution in [0.15, 0.2) is 65.7 Å². The molecule has 142 valence electrons. The van der Waals surface area contributed by atoms with Gasteiger partial charge in [0.1, 0.15) is 11.6 Å². The van der Waals surface area contributed by atoms with Gasteiger partial charge in [0, 0.05) is 6.92 Å². The van der Waals surface area contributed by atoms with Gasteiger partial charge in [0.25, 0.3) is 8.32 Å². The van der Waals surface area contributed by atoms with Crippen molar-refractivity contribution in [1.82, 2.24) is 0 Å². The molecule has 4 heteroatoms. The molecule has 0 radical (unpaired) electrons. The molecule has 2 aromatic carbocycles. The number of nitrogens with zero attached hydrogens (tertiary/aromatic N) is 1. The Hall–Kier alpha value is -1.91. The van der Waals surface area contributed by atoms with Crippen molar-refractivity contribution in [3.05, 3.63) is 60.7 Å². The van der Waals surface area contributed by atoms with Crippen LogP contribution in [0.4, 0.5) is 0 Å². The molecule has 0 saturated heterocycles. The minimum atomic E-state index is -2.51. The number of hydrogen-bond donors (Lipinski definition) is 0. The summed E-state index contributed by atoms with van der Waals surface area (Å²) >= 11 is 0. The maximum atomic E-state index is 7.08. The number of rotatable bonds is 5. The first-order valence-electron chi connectivity index (χ1n) is 9.86. The SMILES string of the molecule is CC1=N[C@]2(CO[Si](c3ccccc3)(c3ccccc3)C(C)(C)C)CC[C@@H]2O1. The summed E-state index contributed by atoms with van der Waals surface area (Å²) in [4.78, 5) is 4.85. The van der Waals surface area contributed by atoms with Crippen molar-refractivity contribution < 1.29 is 9.16 Å². The lowest BCUT2D eigenvalue weighted by Crippen LogP contribution is -2.68. The normalized spacial score (nSPS) is 24.6. The number of ether oxygens (including phenoxy) is 1. The summed E-state index contributed by atoms with van der Waals surface area (Å²) in [6, 6.07) is 21.6. The first-order chi connectivity index (χ1) is 12.9. The van der Waals surface area contributed by atoms with Gasteiger partial charge in [-0.25, -0.2) is 4.99 Å². The number of benzene rings is 2. The van der Waals surface area contributed by atoms with E-state index in [1.54, 1.807) is 0 Å². The van der Waals surface area contributed by atoms with Crippen LogP contribution in [-0.2, 0) is 9.16 Å². The van der Waals surface area contributed by atoms with Gasteiger partial charge in [0.2, 0.25) is 0 Å². The molecular formula is C23H29NO2Si. The van der Waals surface area contributed by atoms with Crippen LogP contribution in [0.25, 0.3) is 0 Å². The summed E-state index contributed by atoms with van der Waals surface area (Å²) < 4.78 is 13.0. The molecule has 1 saturated carbocycles. The van der Waals surface area contributed by atoms with E-state index >= 15 is 0 Å². The largest absolute Gasteiger partial charge is 0.475 e. The average Bonchev–Trinajstić information content (AvgIpc) is 2.86. The average molecular weight is 380 g/mol. The third-order valence-electron chi connectivity index (χ3n) is 6.09. The van der Waals surface area contributed by atoms with E-state index < -0.39 is 8.32 Å². The predicted octanol–water partition coefficient (Wildman–Crippen LogP) is 3.91. The monoisotopic (exact) mass is 379 g/mol. The Balaban J connectivity index is 1.79. The molecule has 0 aromatic heterocycles. The molecule has 0 bridgehead atoms. The van der Waals surface area contributed by atoms with E-state index in [2.05, 4.69) is 81.4 Å². The molecule has 2 atom stereocenters. The first-order valence-corrected chi connectivity index (χ1v) is 11.8. The zero-order chi connectivity index (χ0) is 19.1. The van der Waals surface area contributed by atoms with Crippen molar-refractivity contribution in [3.63, 3.8) is 0 Å². The predicted molar refractivity (Wildman–Crippen MR) is 114 cm³/mol. The lowest BCUT2D eigenvalue weighted by molar-refractivity contribution is 0.0116. The Kier molecular flexibility index (Phi) is 4.51. The number of hydrogen-bond acceptors (Lipinski definition) is 3. The zero-order valence-electron chi connectivity index (χ0n) is 16.7. The number of aliphatic imine (C=N–C) groups is 1. The third-order valence-corrected chi connectivity index (χ3v) is 11.1. The second-order valence-electron chi connectivity index (χ2n) is 8.83. The summed E-state index contributed by atoms with van der Waals surface area (Å²) in [7, 11) is -2.51. The summed E-state index contributed by atoms with van der Waals surface area (Å²) in [6.07, 6.45) is 2.31. The first kappa shape index (κ1) is 18.5. The standard InChI is InChI=1S/C23H29NO2Si/c1-18-24-23(16-15-21(23)26-18)17-25-27(22(2,3)4,19-11-7-5-8-12-19)20-13-9-6-10-14-20/h5-14,21H,15-17H2,1-4H3/t21-,23-/m0/s1. The Labute approximate surface area is 163 Å². The van der Waals surface area contributed by atoms with E-state index in [1.807, 2.05) is 6.92 Å². The Morgan fingerprint density at radius 2 is 1.59 bits per heavy atom. The van der Waals surface area contributed by atoms with Gasteiger partial charge in [-0.15, -0.1) is 0 Å². The molecule has 0 spiro atoms. The molecule has 2 aliphatic rings. The van der Waals surface area contributed by atoms with Crippen LogP contribution in [0.2, 0.25) is 5.04 Å². The smallest absolute Gasteiger partial charge is 0.261 e. The molecule has 27 heavy (non-hydrogen) atoms. The highest BCUT2D eigenvalue weighted by molar-refractivity contribution is 6.99. The van der Waals surface area contributed by atoms with E-state index in [0.29, 0.717) is 6.61 Å². The van der Waals surface area contributed by atoms with Crippen LogP contribution in [0.1, 0.15) is 40.5 Å². The van der Waals surface area contributed by atoms with Crippen molar-refractivity contribution in [2.45, 2.75) is 57.2 Å². The van der Waals surface area contributed by atoms with Crippen LogP contribution in [0.5, 0.6) is 0 Å². The molecule has 0 amide bonds. The Morgan fingerprint density at radius 1 is 1.04 bits per heavy atom. The minimum Gasteiger partial charge on any atom is -0.475 e. The molecule has 1 aliphatic heterocycles. The Morgan fingerprint density at radius 3 is 2.00 bits per heavy atom. The fraction of sp³-hybridized carbons (Fsp3) is 0.435. The topological polar surface area (TPSA) is 30.8 Å². The van der Waals surface area contributed by atoms with Gasteiger partial charge >= 0.3 is 0 Å². The minimum absolute atomic E-state index is 0.0101. The highest BCUT2D eigenvalue weighted by Gasteiger charge is 2.57.